The largest absolute Gasteiger partial charge is 0.445 e. The summed E-state index contributed by atoms with van der Waals surface area (Å²) >= 11 is 0. The lowest BCUT2D eigenvalue weighted by atomic mass is 10.2. The highest BCUT2D eigenvalue weighted by atomic mass is 16.5. The molecule has 0 spiro atoms. The summed E-state index contributed by atoms with van der Waals surface area (Å²) < 4.78 is 4.99. The number of ether oxygens (including phenoxy) is 1. The number of nitrogens with zero attached hydrogens (tertiary/aromatic N) is 1. The van der Waals surface area contributed by atoms with Crippen molar-refractivity contribution in [2.45, 2.75) is 6.61 Å². The van der Waals surface area contributed by atoms with Crippen LogP contribution in [0.4, 0.5) is 10.5 Å². The smallest absolute Gasteiger partial charge is 0.407 e. The minimum Gasteiger partial charge on any atom is -0.445 e. The number of hydrogen-bond acceptors (Lipinski definition) is 4. The Bertz CT molecular complexity index is 723. The average molecular weight is 309 g/mol. The lowest BCUT2D eigenvalue weighted by Gasteiger charge is -2.08. The van der Waals surface area contributed by atoms with Crippen LogP contribution in [0.25, 0.3) is 0 Å². The van der Waals surface area contributed by atoms with Crippen LogP contribution in [0.1, 0.15) is 11.1 Å². The van der Waals surface area contributed by atoms with E-state index in [1.807, 2.05) is 36.4 Å². The molecule has 0 unspecified atom stereocenters. The zero-order chi connectivity index (χ0) is 16.5. The number of alkyl carbamates (subject to hydrolysis) is 1. The fourth-order valence-electron chi connectivity index (χ4n) is 1.80. The van der Waals surface area contributed by atoms with Gasteiger partial charge in [0.25, 0.3) is 0 Å². The van der Waals surface area contributed by atoms with Crippen LogP contribution in [-0.4, -0.2) is 18.5 Å². The third kappa shape index (κ3) is 5.52. The first-order chi connectivity index (χ1) is 11.2. The summed E-state index contributed by atoms with van der Waals surface area (Å²) in [7, 11) is 0. The van der Waals surface area contributed by atoms with Crippen molar-refractivity contribution in [3.63, 3.8) is 0 Å². The van der Waals surface area contributed by atoms with Crippen LogP contribution >= 0.6 is 0 Å². The first-order valence-electron chi connectivity index (χ1n) is 6.92. The van der Waals surface area contributed by atoms with E-state index in [-0.39, 0.29) is 13.2 Å². The predicted octanol–water partition coefficient (Wildman–Crippen LogP) is 2.42. The number of nitriles is 1. The van der Waals surface area contributed by atoms with E-state index in [4.69, 9.17) is 10.00 Å². The van der Waals surface area contributed by atoms with Crippen molar-refractivity contribution < 1.29 is 14.3 Å². The van der Waals surface area contributed by atoms with Crippen molar-refractivity contribution in [3.8, 4) is 6.07 Å². The van der Waals surface area contributed by atoms with Crippen LogP contribution in [0.5, 0.6) is 0 Å². The third-order valence-corrected chi connectivity index (χ3v) is 2.88. The fourth-order valence-corrected chi connectivity index (χ4v) is 1.80. The molecule has 6 heteroatoms. The summed E-state index contributed by atoms with van der Waals surface area (Å²) in [6.07, 6.45) is -0.672. The Labute approximate surface area is 133 Å². The Morgan fingerprint density at radius 1 is 1.09 bits per heavy atom. The number of rotatable bonds is 5. The van der Waals surface area contributed by atoms with E-state index in [0.717, 1.165) is 5.56 Å². The van der Waals surface area contributed by atoms with Gasteiger partial charge in [-0.1, -0.05) is 36.4 Å². The highest BCUT2D eigenvalue weighted by molar-refractivity contribution is 5.93. The number of benzene rings is 2. The van der Waals surface area contributed by atoms with Crippen LogP contribution in [0.3, 0.4) is 0 Å². The lowest BCUT2D eigenvalue weighted by molar-refractivity contribution is -0.115. The molecule has 0 fully saturated rings. The predicted molar refractivity (Wildman–Crippen MR) is 84.4 cm³/mol. The molecule has 0 aliphatic rings. The Hall–Kier alpha value is -3.33. The molecule has 2 N–H and O–H groups in total. The molecule has 0 aromatic heterocycles. The standard InChI is InChI=1S/C17H15N3O3/c18-10-14-7-4-8-15(9-14)20-16(21)11-19-17(22)23-12-13-5-2-1-3-6-13/h1-9H,11-12H2,(H,19,22)(H,20,21). The molecule has 0 aliphatic carbocycles. The minimum absolute atomic E-state index is 0.137. The molecule has 116 valence electrons. The number of carbonyl (C=O) groups is 2. The van der Waals surface area contributed by atoms with Gasteiger partial charge in [0.05, 0.1) is 11.6 Å². The molecule has 2 aromatic carbocycles. The highest BCUT2D eigenvalue weighted by Gasteiger charge is 2.07. The van der Waals surface area contributed by atoms with E-state index in [9.17, 15) is 9.59 Å². The molecule has 0 saturated heterocycles. The first kappa shape index (κ1) is 16.0. The summed E-state index contributed by atoms with van der Waals surface area (Å²) in [6.45, 7) is -0.0804. The van der Waals surface area contributed by atoms with E-state index >= 15 is 0 Å². The SMILES string of the molecule is N#Cc1cccc(NC(=O)CNC(=O)OCc2ccccc2)c1. The number of nitrogens with one attached hydrogen (secondary N) is 2. The summed E-state index contributed by atoms with van der Waals surface area (Å²) in [6, 6.07) is 17.7. The molecule has 23 heavy (non-hydrogen) atoms. The van der Waals surface area contributed by atoms with Crippen molar-refractivity contribution in [1.29, 1.82) is 5.26 Å². The van der Waals surface area contributed by atoms with Gasteiger partial charge < -0.3 is 15.4 Å². The maximum absolute atomic E-state index is 11.7. The summed E-state index contributed by atoms with van der Waals surface area (Å²) in [5.41, 5.74) is 1.80. The second-order valence-corrected chi connectivity index (χ2v) is 4.66. The van der Waals surface area contributed by atoms with Crippen LogP contribution < -0.4 is 10.6 Å². The third-order valence-electron chi connectivity index (χ3n) is 2.88. The molecule has 2 aromatic rings. The van der Waals surface area contributed by atoms with Crippen LogP contribution in [-0.2, 0) is 16.1 Å². The Kier molecular flexibility index (Phi) is 5.72. The molecule has 2 amide bonds. The molecule has 0 aliphatic heterocycles. The molecule has 2 rings (SSSR count). The molecule has 0 atom stereocenters. The van der Waals surface area contributed by atoms with Gasteiger partial charge in [0.2, 0.25) is 5.91 Å². The Morgan fingerprint density at radius 2 is 1.87 bits per heavy atom. The lowest BCUT2D eigenvalue weighted by Crippen LogP contribution is -2.33. The van der Waals surface area contributed by atoms with E-state index in [1.54, 1.807) is 24.3 Å². The van der Waals surface area contributed by atoms with Gasteiger partial charge >= 0.3 is 6.09 Å². The topological polar surface area (TPSA) is 91.2 Å². The van der Waals surface area contributed by atoms with E-state index in [2.05, 4.69) is 10.6 Å². The second-order valence-electron chi connectivity index (χ2n) is 4.66. The van der Waals surface area contributed by atoms with Crippen LogP contribution in [0.2, 0.25) is 0 Å². The number of hydrogen-bond donors (Lipinski definition) is 2. The highest BCUT2D eigenvalue weighted by Crippen LogP contribution is 2.09. The Morgan fingerprint density at radius 3 is 2.61 bits per heavy atom. The maximum atomic E-state index is 11.7. The molecular formula is C17H15N3O3. The van der Waals surface area contributed by atoms with Gasteiger partial charge in [0.15, 0.2) is 0 Å². The number of amides is 2. The number of carbonyl (C=O) groups excluding carboxylic acids is 2. The van der Waals surface area contributed by atoms with Gasteiger partial charge in [-0.25, -0.2) is 4.79 Å². The monoisotopic (exact) mass is 309 g/mol. The van der Waals surface area contributed by atoms with Crippen molar-refractivity contribution in [2.75, 3.05) is 11.9 Å². The van der Waals surface area contributed by atoms with E-state index in [0.29, 0.717) is 11.3 Å². The molecule has 0 bridgehead atoms. The van der Waals surface area contributed by atoms with Gasteiger partial charge in [0, 0.05) is 5.69 Å². The normalized spacial score (nSPS) is 9.52. The summed E-state index contributed by atoms with van der Waals surface area (Å²) in [4.78, 5) is 23.2. The van der Waals surface area contributed by atoms with E-state index < -0.39 is 12.0 Å². The van der Waals surface area contributed by atoms with Gasteiger partial charge in [-0.05, 0) is 23.8 Å². The van der Waals surface area contributed by atoms with E-state index in [1.165, 1.54) is 0 Å². The van der Waals surface area contributed by atoms with Crippen molar-refractivity contribution in [1.82, 2.24) is 5.32 Å². The fraction of sp³-hybridized carbons (Fsp3) is 0.118. The van der Waals surface area contributed by atoms with Crippen molar-refractivity contribution in [2.24, 2.45) is 0 Å². The summed E-state index contributed by atoms with van der Waals surface area (Å²) in [5, 5.41) is 13.7. The van der Waals surface area contributed by atoms with Crippen molar-refractivity contribution in [3.05, 3.63) is 65.7 Å². The summed E-state index contributed by atoms with van der Waals surface area (Å²) in [5.74, 6) is -0.406. The van der Waals surface area contributed by atoms with Crippen LogP contribution in [0, 0.1) is 11.3 Å². The maximum Gasteiger partial charge on any atom is 0.407 e. The second kappa shape index (κ2) is 8.20. The molecule has 0 saturated carbocycles. The molecule has 6 nitrogen and oxygen atoms in total. The van der Waals surface area contributed by atoms with Crippen molar-refractivity contribution >= 4 is 17.7 Å². The average Bonchev–Trinajstić information content (AvgIpc) is 2.59. The van der Waals surface area contributed by atoms with Gasteiger partial charge in [-0.15, -0.1) is 0 Å². The molecule has 0 radical (unpaired) electrons. The minimum atomic E-state index is -0.672. The molecule has 0 heterocycles. The quantitative estimate of drug-likeness (QED) is 0.887. The van der Waals surface area contributed by atoms with Gasteiger partial charge in [-0.2, -0.15) is 5.26 Å². The zero-order valence-corrected chi connectivity index (χ0v) is 12.3. The number of anilines is 1. The van der Waals surface area contributed by atoms with Crippen LogP contribution in [0.15, 0.2) is 54.6 Å². The Balaban J connectivity index is 1.73. The van der Waals surface area contributed by atoms with Gasteiger partial charge in [0.1, 0.15) is 13.2 Å². The first-order valence-corrected chi connectivity index (χ1v) is 6.92. The molecular weight excluding hydrogens is 294 g/mol. The zero-order valence-electron chi connectivity index (χ0n) is 12.3. The van der Waals surface area contributed by atoms with Gasteiger partial charge in [-0.3, -0.25) is 4.79 Å².